The number of aryl methyl sites for hydroxylation is 2. The molecule has 1 aliphatic carbocycles. The van der Waals surface area contributed by atoms with E-state index in [0.29, 0.717) is 0 Å². The molecule has 0 amide bonds. The van der Waals surface area contributed by atoms with Gasteiger partial charge in [0.15, 0.2) is 0 Å². The van der Waals surface area contributed by atoms with Crippen LogP contribution in [-0.2, 0) is 16.6 Å². The molecule has 0 aromatic heterocycles. The molecule has 5 heteroatoms. The quantitative estimate of drug-likeness (QED) is 0.620. The second-order valence-electron chi connectivity index (χ2n) is 8.46. The van der Waals surface area contributed by atoms with E-state index in [1.807, 2.05) is 12.1 Å². The molecule has 0 bridgehead atoms. The molecule has 4 N–H and O–H groups in total. The van der Waals surface area contributed by atoms with Gasteiger partial charge in [-0.3, -0.25) is 0 Å². The summed E-state index contributed by atoms with van der Waals surface area (Å²) in [6.07, 6.45) is -2.53. The number of aliphatic hydroxyl groups is 4. The molecule has 1 heterocycles. The summed E-state index contributed by atoms with van der Waals surface area (Å²) in [5, 5.41) is 40.2. The number of ether oxygens (including phenoxy) is 1. The Kier molecular flexibility index (Phi) is 5.53. The van der Waals surface area contributed by atoms with Crippen molar-refractivity contribution in [2.24, 2.45) is 0 Å². The monoisotopic (exact) mass is 398 g/mol. The minimum absolute atomic E-state index is 0.0273. The predicted molar refractivity (Wildman–Crippen MR) is 110 cm³/mol. The van der Waals surface area contributed by atoms with Crippen molar-refractivity contribution in [3.8, 4) is 0 Å². The molecule has 5 atom stereocenters. The summed E-state index contributed by atoms with van der Waals surface area (Å²) in [6, 6.07) is 14.8. The first-order valence-electron chi connectivity index (χ1n) is 10.4. The van der Waals surface area contributed by atoms with Crippen LogP contribution < -0.4 is 0 Å². The fourth-order valence-electron chi connectivity index (χ4n) is 4.61. The molecule has 1 saturated carbocycles. The van der Waals surface area contributed by atoms with Crippen molar-refractivity contribution in [2.75, 3.05) is 6.61 Å². The van der Waals surface area contributed by atoms with Crippen LogP contribution in [0.5, 0.6) is 0 Å². The van der Waals surface area contributed by atoms with E-state index in [1.54, 1.807) is 0 Å². The fraction of sp³-hybridized carbons (Fsp3) is 0.500. The van der Waals surface area contributed by atoms with Gasteiger partial charge in [-0.15, -0.1) is 0 Å². The van der Waals surface area contributed by atoms with Gasteiger partial charge in [-0.1, -0.05) is 49.4 Å². The van der Waals surface area contributed by atoms with Crippen molar-refractivity contribution in [3.05, 3.63) is 70.3 Å². The van der Waals surface area contributed by atoms with Crippen LogP contribution in [0.1, 0.15) is 53.7 Å². The van der Waals surface area contributed by atoms with Gasteiger partial charge in [0.25, 0.3) is 0 Å². The third-order valence-electron chi connectivity index (χ3n) is 6.66. The van der Waals surface area contributed by atoms with Gasteiger partial charge in [-0.05, 0) is 54.0 Å². The van der Waals surface area contributed by atoms with Crippen molar-refractivity contribution in [2.45, 2.75) is 69.0 Å². The van der Waals surface area contributed by atoms with E-state index in [-0.39, 0.29) is 5.41 Å². The van der Waals surface area contributed by atoms with E-state index in [2.05, 4.69) is 44.2 Å². The van der Waals surface area contributed by atoms with E-state index >= 15 is 0 Å². The van der Waals surface area contributed by atoms with Crippen LogP contribution in [0.25, 0.3) is 0 Å². The zero-order valence-corrected chi connectivity index (χ0v) is 17.0. The summed E-state index contributed by atoms with van der Waals surface area (Å²) in [5.41, 5.74) is 5.71. The van der Waals surface area contributed by atoms with Crippen LogP contribution in [0.3, 0.4) is 0 Å². The third-order valence-corrected chi connectivity index (χ3v) is 6.66. The van der Waals surface area contributed by atoms with Gasteiger partial charge >= 0.3 is 0 Å². The zero-order chi connectivity index (χ0) is 20.8. The molecular weight excluding hydrogens is 368 g/mol. The molecule has 1 aliphatic heterocycles. The summed E-state index contributed by atoms with van der Waals surface area (Å²) in [5.74, 6) is 0. The molecule has 1 saturated heterocycles. The average Bonchev–Trinajstić information content (AvgIpc) is 3.55. The third kappa shape index (κ3) is 3.51. The standard InChI is InChI=1S/C24H30O5/c1-3-15-5-8-17(9-6-15)24(10-11-24)18-12-16(7-4-14(18)2)23-22(28)21(27)20(26)19(13-25)29-23/h4-9,12,19-23,25-28H,3,10-11,13H2,1-2H3/t19-,20-,21+,22-,23+/m1/s1. The Balaban J connectivity index is 1.69. The van der Waals surface area contributed by atoms with Crippen LogP contribution in [0.4, 0.5) is 0 Å². The van der Waals surface area contributed by atoms with E-state index in [1.165, 1.54) is 22.3 Å². The summed E-state index contributed by atoms with van der Waals surface area (Å²) >= 11 is 0. The van der Waals surface area contributed by atoms with Gasteiger partial charge in [0.2, 0.25) is 0 Å². The lowest BCUT2D eigenvalue weighted by molar-refractivity contribution is -0.231. The molecule has 0 unspecified atom stereocenters. The molecule has 2 aliphatic rings. The fourth-order valence-corrected chi connectivity index (χ4v) is 4.61. The Morgan fingerprint density at radius 3 is 2.24 bits per heavy atom. The molecule has 4 rings (SSSR count). The lowest BCUT2D eigenvalue weighted by Gasteiger charge is -2.40. The molecule has 5 nitrogen and oxygen atoms in total. The van der Waals surface area contributed by atoms with Crippen molar-refractivity contribution < 1.29 is 25.2 Å². The highest BCUT2D eigenvalue weighted by Gasteiger charge is 2.48. The Labute approximate surface area is 171 Å². The first kappa shape index (κ1) is 20.5. The van der Waals surface area contributed by atoms with Gasteiger partial charge in [0, 0.05) is 5.41 Å². The number of hydrogen-bond donors (Lipinski definition) is 4. The van der Waals surface area contributed by atoms with Gasteiger partial charge in [0.1, 0.15) is 30.5 Å². The Hall–Kier alpha value is -1.76. The van der Waals surface area contributed by atoms with E-state index in [9.17, 15) is 20.4 Å². The van der Waals surface area contributed by atoms with Crippen LogP contribution in [0.15, 0.2) is 42.5 Å². The lowest BCUT2D eigenvalue weighted by Crippen LogP contribution is -2.55. The molecule has 0 radical (unpaired) electrons. The number of aliphatic hydroxyl groups excluding tert-OH is 4. The maximum atomic E-state index is 10.5. The van der Waals surface area contributed by atoms with Crippen LogP contribution >= 0.6 is 0 Å². The molecule has 156 valence electrons. The Morgan fingerprint density at radius 1 is 0.966 bits per heavy atom. The minimum atomic E-state index is -1.37. The van der Waals surface area contributed by atoms with Crippen LogP contribution in [0, 0.1) is 6.92 Å². The Bertz CT molecular complexity index is 856. The van der Waals surface area contributed by atoms with Crippen molar-refractivity contribution in [3.63, 3.8) is 0 Å². The summed E-state index contributed by atoms with van der Waals surface area (Å²) < 4.78 is 5.77. The first-order valence-corrected chi connectivity index (χ1v) is 10.4. The smallest absolute Gasteiger partial charge is 0.113 e. The van der Waals surface area contributed by atoms with Gasteiger partial charge in [-0.25, -0.2) is 0 Å². The highest BCUT2D eigenvalue weighted by molar-refractivity contribution is 5.50. The molecule has 2 fully saturated rings. The summed E-state index contributed by atoms with van der Waals surface area (Å²) in [4.78, 5) is 0. The van der Waals surface area contributed by atoms with Gasteiger partial charge < -0.3 is 25.2 Å². The van der Waals surface area contributed by atoms with Crippen molar-refractivity contribution in [1.82, 2.24) is 0 Å². The topological polar surface area (TPSA) is 90.2 Å². The average molecular weight is 398 g/mol. The highest BCUT2D eigenvalue weighted by atomic mass is 16.5. The van der Waals surface area contributed by atoms with E-state index < -0.39 is 37.1 Å². The maximum Gasteiger partial charge on any atom is 0.113 e. The first-order chi connectivity index (χ1) is 13.9. The summed E-state index contributed by atoms with van der Waals surface area (Å²) in [6.45, 7) is 3.82. The normalized spacial score (nSPS) is 30.9. The van der Waals surface area contributed by atoms with Crippen LogP contribution in [-0.4, -0.2) is 51.4 Å². The van der Waals surface area contributed by atoms with Gasteiger partial charge in [-0.2, -0.15) is 0 Å². The molecule has 0 spiro atoms. The molecule has 2 aromatic rings. The van der Waals surface area contributed by atoms with Crippen molar-refractivity contribution >= 4 is 0 Å². The zero-order valence-electron chi connectivity index (χ0n) is 17.0. The lowest BCUT2D eigenvalue weighted by atomic mass is 9.82. The van der Waals surface area contributed by atoms with Crippen molar-refractivity contribution in [1.29, 1.82) is 0 Å². The SMILES string of the molecule is CCc1ccc(C2(c3cc([C@@H]4O[C@H](CO)[C@@H](O)[C@H](O)[C@H]4O)ccc3C)CC2)cc1. The molecular formula is C24H30O5. The van der Waals surface area contributed by atoms with E-state index in [0.717, 1.165) is 24.8 Å². The minimum Gasteiger partial charge on any atom is -0.394 e. The number of hydrogen-bond acceptors (Lipinski definition) is 5. The largest absolute Gasteiger partial charge is 0.394 e. The Morgan fingerprint density at radius 2 is 1.66 bits per heavy atom. The number of benzene rings is 2. The number of rotatable bonds is 5. The second-order valence-corrected chi connectivity index (χ2v) is 8.46. The predicted octanol–water partition coefficient (Wildman–Crippen LogP) is 2.15. The summed E-state index contributed by atoms with van der Waals surface area (Å²) in [7, 11) is 0. The maximum absolute atomic E-state index is 10.5. The molecule has 29 heavy (non-hydrogen) atoms. The highest BCUT2D eigenvalue weighted by Crippen LogP contribution is 2.55. The second kappa shape index (κ2) is 7.82. The van der Waals surface area contributed by atoms with Gasteiger partial charge in [0.05, 0.1) is 6.61 Å². The molecule has 2 aromatic carbocycles. The van der Waals surface area contributed by atoms with E-state index in [4.69, 9.17) is 4.74 Å². The van der Waals surface area contributed by atoms with Crippen LogP contribution in [0.2, 0.25) is 0 Å².